The summed E-state index contributed by atoms with van der Waals surface area (Å²) >= 11 is 1.05. The molecule has 4 aromatic carbocycles. The molecule has 1 fully saturated rings. The van der Waals surface area contributed by atoms with E-state index in [9.17, 15) is 14.4 Å². The Kier molecular flexibility index (Phi) is 8.51. The zero-order chi connectivity index (χ0) is 28.1. The third-order valence-electron chi connectivity index (χ3n) is 6.95. The van der Waals surface area contributed by atoms with Crippen LogP contribution in [0.5, 0.6) is 5.75 Å². The van der Waals surface area contributed by atoms with Crippen molar-refractivity contribution in [2.45, 2.75) is 38.0 Å². The van der Waals surface area contributed by atoms with Crippen molar-refractivity contribution in [1.29, 1.82) is 0 Å². The number of nitrogens with zero attached hydrogens (tertiary/aromatic N) is 1. The average molecular weight is 553 g/mol. The highest BCUT2D eigenvalue weighted by Gasteiger charge is 2.31. The summed E-state index contributed by atoms with van der Waals surface area (Å²) in [7, 11) is 1.84. The Bertz CT molecular complexity index is 1550. The van der Waals surface area contributed by atoms with Gasteiger partial charge in [-0.2, -0.15) is 0 Å². The van der Waals surface area contributed by atoms with Gasteiger partial charge in [-0.1, -0.05) is 85.4 Å². The van der Waals surface area contributed by atoms with E-state index in [2.05, 4.69) is 24.4 Å². The van der Waals surface area contributed by atoms with Gasteiger partial charge in [0.05, 0.1) is 18.3 Å². The van der Waals surface area contributed by atoms with Crippen LogP contribution < -0.4 is 10.1 Å². The number of imide groups is 1. The molecule has 3 amide bonds. The van der Waals surface area contributed by atoms with Crippen molar-refractivity contribution in [1.82, 2.24) is 10.2 Å². The topological polar surface area (TPSA) is 75.7 Å². The molecule has 1 aliphatic heterocycles. The Morgan fingerprint density at radius 1 is 0.875 bits per heavy atom. The van der Waals surface area contributed by atoms with Crippen molar-refractivity contribution in [3.8, 4) is 16.9 Å². The SMILES string of the molecule is CCCOc1ccc2cc(CC(=O)N(C)Cc3cccc(-c4ccc(CC5SC(=O)NC5=O)cc4)c3)ccc2c1. The number of nitrogens with one attached hydrogen (secondary N) is 1. The molecule has 0 saturated carbocycles. The van der Waals surface area contributed by atoms with Crippen molar-refractivity contribution in [2.75, 3.05) is 13.7 Å². The molecule has 1 saturated heterocycles. The molecule has 0 aromatic heterocycles. The number of hydrogen-bond acceptors (Lipinski definition) is 5. The number of hydrogen-bond donors (Lipinski definition) is 1. The quantitative estimate of drug-likeness (QED) is 0.247. The number of rotatable bonds is 10. The van der Waals surface area contributed by atoms with Crippen LogP contribution in [0.3, 0.4) is 0 Å². The van der Waals surface area contributed by atoms with E-state index in [1.165, 1.54) is 0 Å². The van der Waals surface area contributed by atoms with Gasteiger partial charge in [0.25, 0.3) is 5.24 Å². The Morgan fingerprint density at radius 3 is 2.38 bits per heavy atom. The average Bonchev–Trinajstić information content (AvgIpc) is 3.28. The first-order valence-corrected chi connectivity index (χ1v) is 14.3. The van der Waals surface area contributed by atoms with Gasteiger partial charge in [-0.25, -0.2) is 0 Å². The predicted molar refractivity (Wildman–Crippen MR) is 160 cm³/mol. The maximum atomic E-state index is 13.1. The zero-order valence-electron chi connectivity index (χ0n) is 22.7. The second-order valence-corrected chi connectivity index (χ2v) is 11.3. The maximum absolute atomic E-state index is 13.1. The van der Waals surface area contributed by atoms with Gasteiger partial charge >= 0.3 is 0 Å². The third kappa shape index (κ3) is 6.72. The van der Waals surface area contributed by atoms with E-state index in [0.717, 1.165) is 62.5 Å². The van der Waals surface area contributed by atoms with Gasteiger partial charge < -0.3 is 9.64 Å². The molecule has 1 heterocycles. The second-order valence-electron chi connectivity index (χ2n) is 10.1. The molecule has 0 bridgehead atoms. The van der Waals surface area contributed by atoms with E-state index < -0.39 is 0 Å². The number of likely N-dealkylation sites (N-methyl/N-ethyl adjacent to an activating group) is 1. The molecule has 0 radical (unpaired) electrons. The number of fused-ring (bicyclic) bond motifs is 1. The van der Waals surface area contributed by atoms with Gasteiger partial charge in [0.1, 0.15) is 5.75 Å². The highest BCUT2D eigenvalue weighted by atomic mass is 32.2. The highest BCUT2D eigenvalue weighted by Crippen LogP contribution is 2.26. The minimum atomic E-state index is -0.373. The van der Waals surface area contributed by atoms with Crippen molar-refractivity contribution < 1.29 is 19.1 Å². The van der Waals surface area contributed by atoms with Gasteiger partial charge in [-0.05, 0) is 69.6 Å². The molecule has 7 heteroatoms. The molecule has 0 aliphatic carbocycles. The Hall–Kier alpha value is -4.10. The maximum Gasteiger partial charge on any atom is 0.286 e. The summed E-state index contributed by atoms with van der Waals surface area (Å²) < 4.78 is 5.73. The normalized spacial score (nSPS) is 14.8. The lowest BCUT2D eigenvalue weighted by Gasteiger charge is -2.18. The predicted octanol–water partition coefficient (Wildman–Crippen LogP) is 6.39. The number of carbonyl (C=O) groups is 3. The number of thioether (sulfide) groups is 1. The van der Waals surface area contributed by atoms with Crippen molar-refractivity contribution >= 4 is 39.6 Å². The Balaban J connectivity index is 1.20. The molecular weight excluding hydrogens is 520 g/mol. The smallest absolute Gasteiger partial charge is 0.286 e. The fourth-order valence-electron chi connectivity index (χ4n) is 4.79. The van der Waals surface area contributed by atoms with Crippen LogP contribution in [0.1, 0.15) is 30.0 Å². The second kappa shape index (κ2) is 12.4. The molecule has 0 spiro atoms. The molecule has 1 unspecified atom stereocenters. The number of benzene rings is 4. The monoisotopic (exact) mass is 552 g/mol. The van der Waals surface area contributed by atoms with E-state index in [4.69, 9.17) is 4.74 Å². The Labute approximate surface area is 238 Å². The van der Waals surface area contributed by atoms with Crippen LogP contribution in [0, 0.1) is 0 Å². The van der Waals surface area contributed by atoms with E-state index in [1.807, 2.05) is 79.8 Å². The third-order valence-corrected chi connectivity index (χ3v) is 7.93. The van der Waals surface area contributed by atoms with E-state index in [1.54, 1.807) is 4.90 Å². The van der Waals surface area contributed by atoms with Gasteiger partial charge in [-0.15, -0.1) is 0 Å². The van der Waals surface area contributed by atoms with Crippen LogP contribution >= 0.6 is 11.8 Å². The van der Waals surface area contributed by atoms with Crippen LogP contribution in [0.15, 0.2) is 84.9 Å². The first kappa shape index (κ1) is 27.5. The van der Waals surface area contributed by atoms with E-state index >= 15 is 0 Å². The number of amides is 3. The summed E-state index contributed by atoms with van der Waals surface area (Å²) in [6.07, 6.45) is 1.82. The zero-order valence-corrected chi connectivity index (χ0v) is 23.5. The lowest BCUT2D eigenvalue weighted by molar-refractivity contribution is -0.129. The van der Waals surface area contributed by atoms with Crippen LogP contribution in [0.4, 0.5) is 4.79 Å². The van der Waals surface area contributed by atoms with Crippen LogP contribution in [-0.2, 0) is 29.0 Å². The molecule has 6 nitrogen and oxygen atoms in total. The molecule has 5 rings (SSSR count). The standard InChI is InChI=1S/C33H32N2O4S/c1-3-15-39-29-14-13-27-16-23(9-12-28(27)20-29)19-31(36)35(2)21-24-5-4-6-26(17-24)25-10-7-22(8-11-25)18-30-32(37)34-33(38)40-30/h4-14,16-17,20,30H,3,15,18-19,21H2,1-2H3,(H,34,37,38). The molecule has 1 N–H and O–H groups in total. The fraction of sp³-hybridized carbons (Fsp3) is 0.242. The summed E-state index contributed by atoms with van der Waals surface area (Å²) in [6.45, 7) is 3.30. The molecule has 1 atom stereocenters. The molecule has 204 valence electrons. The number of ether oxygens (including phenoxy) is 1. The van der Waals surface area contributed by atoms with Gasteiger partial charge in [0.2, 0.25) is 11.8 Å². The minimum absolute atomic E-state index is 0.0595. The lowest BCUT2D eigenvalue weighted by atomic mass is 10.00. The fourth-order valence-corrected chi connectivity index (χ4v) is 5.65. The van der Waals surface area contributed by atoms with Gasteiger partial charge in [0, 0.05) is 13.6 Å². The summed E-state index contributed by atoms with van der Waals surface area (Å²) in [5, 5.41) is 3.87. The van der Waals surface area contributed by atoms with Crippen molar-refractivity contribution in [3.63, 3.8) is 0 Å². The molecule has 40 heavy (non-hydrogen) atoms. The van der Waals surface area contributed by atoms with Gasteiger partial charge in [-0.3, -0.25) is 19.7 Å². The van der Waals surface area contributed by atoms with Crippen molar-refractivity contribution in [2.24, 2.45) is 0 Å². The lowest BCUT2D eigenvalue weighted by Crippen LogP contribution is -2.27. The van der Waals surface area contributed by atoms with Crippen molar-refractivity contribution in [3.05, 3.63) is 102 Å². The molecule has 4 aromatic rings. The largest absolute Gasteiger partial charge is 0.494 e. The van der Waals surface area contributed by atoms with Crippen LogP contribution in [-0.4, -0.2) is 40.9 Å². The highest BCUT2D eigenvalue weighted by molar-refractivity contribution is 8.15. The molecule has 1 aliphatic rings. The first-order valence-electron chi connectivity index (χ1n) is 13.5. The van der Waals surface area contributed by atoms with Gasteiger partial charge in [0.15, 0.2) is 0 Å². The minimum Gasteiger partial charge on any atom is -0.494 e. The van der Waals surface area contributed by atoms with Crippen LogP contribution in [0.2, 0.25) is 0 Å². The Morgan fingerprint density at radius 2 is 1.62 bits per heavy atom. The first-order chi connectivity index (χ1) is 19.4. The van der Waals surface area contributed by atoms with E-state index in [0.29, 0.717) is 26.0 Å². The summed E-state index contributed by atoms with van der Waals surface area (Å²) in [5.41, 5.74) is 5.15. The van der Waals surface area contributed by atoms with Crippen LogP contribution in [0.25, 0.3) is 21.9 Å². The summed E-state index contributed by atoms with van der Waals surface area (Å²) in [6, 6.07) is 28.4. The summed E-state index contributed by atoms with van der Waals surface area (Å²) in [5.74, 6) is 0.702. The summed E-state index contributed by atoms with van der Waals surface area (Å²) in [4.78, 5) is 38.1. The van der Waals surface area contributed by atoms with E-state index in [-0.39, 0.29) is 22.3 Å². The number of carbonyl (C=O) groups excluding carboxylic acids is 3. The molecular formula is C33H32N2O4S.